The van der Waals surface area contributed by atoms with E-state index in [-0.39, 0.29) is 0 Å². The first-order chi connectivity index (χ1) is 12.7. The van der Waals surface area contributed by atoms with Crippen LogP contribution < -0.4 is 15.8 Å². The zero-order chi connectivity index (χ0) is 17.9. The van der Waals surface area contributed by atoms with Crippen molar-refractivity contribution < 1.29 is 4.74 Å². The molecule has 4 aromatic rings. The van der Waals surface area contributed by atoms with Crippen molar-refractivity contribution in [3.8, 4) is 16.3 Å². The molecule has 130 valence electrons. The summed E-state index contributed by atoms with van der Waals surface area (Å²) in [5.74, 6) is 1.68. The molecule has 0 spiro atoms. The molecule has 3 N–H and O–H groups in total. The molecule has 0 fully saturated rings. The van der Waals surface area contributed by atoms with E-state index in [9.17, 15) is 0 Å². The third-order valence-electron chi connectivity index (χ3n) is 3.89. The predicted molar refractivity (Wildman–Crippen MR) is 105 cm³/mol. The average Bonchev–Trinajstić information content (AvgIpc) is 3.12. The molecular weight excluding hydrogens is 346 g/mol. The van der Waals surface area contributed by atoms with E-state index in [1.807, 2.05) is 54.6 Å². The second-order valence-electron chi connectivity index (χ2n) is 5.68. The minimum absolute atomic E-state index is 0.376. The minimum Gasteiger partial charge on any atom is -0.497 e. The molecule has 0 radical (unpaired) electrons. The van der Waals surface area contributed by atoms with Crippen molar-refractivity contribution in [2.45, 2.75) is 6.54 Å². The van der Waals surface area contributed by atoms with Gasteiger partial charge in [-0.05, 0) is 17.7 Å². The van der Waals surface area contributed by atoms with Gasteiger partial charge >= 0.3 is 0 Å². The van der Waals surface area contributed by atoms with Crippen LogP contribution in [0.2, 0.25) is 0 Å². The average molecular weight is 363 g/mol. The summed E-state index contributed by atoms with van der Waals surface area (Å²) >= 11 is 1.50. The van der Waals surface area contributed by atoms with Crippen molar-refractivity contribution in [2.24, 2.45) is 0 Å². The zero-order valence-corrected chi connectivity index (χ0v) is 15.0. The first-order valence-electron chi connectivity index (χ1n) is 8.09. The second kappa shape index (κ2) is 6.97. The highest BCUT2D eigenvalue weighted by molar-refractivity contribution is 7.21. The van der Waals surface area contributed by atoms with Crippen LogP contribution in [-0.4, -0.2) is 22.1 Å². The van der Waals surface area contributed by atoms with E-state index in [0.717, 1.165) is 26.7 Å². The quantitative estimate of drug-likeness (QED) is 0.558. The van der Waals surface area contributed by atoms with E-state index in [2.05, 4.69) is 20.3 Å². The number of nitrogens with zero attached hydrogens (tertiary/aromatic N) is 3. The number of rotatable bonds is 5. The van der Waals surface area contributed by atoms with Gasteiger partial charge in [-0.2, -0.15) is 4.98 Å². The number of thiazole rings is 1. The van der Waals surface area contributed by atoms with Gasteiger partial charge in [-0.1, -0.05) is 53.8 Å². The highest BCUT2D eigenvalue weighted by Gasteiger charge is 2.12. The molecular formula is C19H17N5OS. The lowest BCUT2D eigenvalue weighted by Gasteiger charge is -2.07. The third kappa shape index (κ3) is 3.29. The van der Waals surface area contributed by atoms with Gasteiger partial charge in [-0.25, -0.2) is 9.97 Å². The zero-order valence-electron chi connectivity index (χ0n) is 14.1. The number of hydrogen-bond donors (Lipinski definition) is 2. The molecule has 0 atom stereocenters. The Balaban J connectivity index is 1.60. The maximum Gasteiger partial charge on any atom is 0.226 e. The van der Waals surface area contributed by atoms with Crippen molar-refractivity contribution in [3.05, 3.63) is 60.2 Å². The Morgan fingerprint density at radius 3 is 2.69 bits per heavy atom. The molecule has 0 bridgehead atoms. The van der Waals surface area contributed by atoms with Gasteiger partial charge in [0.05, 0.1) is 7.11 Å². The molecule has 0 saturated carbocycles. The highest BCUT2D eigenvalue weighted by Crippen LogP contribution is 2.31. The second-order valence-corrected chi connectivity index (χ2v) is 6.65. The number of ether oxygens (including phenoxy) is 1. The van der Waals surface area contributed by atoms with E-state index < -0.39 is 0 Å². The number of aromatic nitrogens is 3. The van der Waals surface area contributed by atoms with E-state index in [1.54, 1.807) is 7.11 Å². The van der Waals surface area contributed by atoms with Gasteiger partial charge in [-0.15, -0.1) is 0 Å². The van der Waals surface area contributed by atoms with Crippen molar-refractivity contribution in [2.75, 3.05) is 18.2 Å². The predicted octanol–water partition coefficient (Wildman–Crippen LogP) is 3.96. The number of anilines is 2. The fraction of sp³-hybridized carbons (Fsp3) is 0.105. The van der Waals surface area contributed by atoms with Crippen molar-refractivity contribution in [1.29, 1.82) is 0 Å². The van der Waals surface area contributed by atoms with Crippen LogP contribution in [0.1, 0.15) is 5.56 Å². The lowest BCUT2D eigenvalue weighted by atomic mass is 10.2. The summed E-state index contributed by atoms with van der Waals surface area (Å²) in [6.07, 6.45) is 0. The maximum absolute atomic E-state index is 6.10. The number of methoxy groups -OCH3 is 1. The Labute approximate surface area is 154 Å². The van der Waals surface area contributed by atoms with Gasteiger partial charge < -0.3 is 15.8 Å². The van der Waals surface area contributed by atoms with E-state index >= 15 is 0 Å². The number of nitrogen functional groups attached to an aromatic ring is 1. The molecule has 6 nitrogen and oxygen atoms in total. The van der Waals surface area contributed by atoms with Crippen LogP contribution >= 0.6 is 11.3 Å². The Morgan fingerprint density at radius 2 is 1.88 bits per heavy atom. The fourth-order valence-electron chi connectivity index (χ4n) is 2.59. The Hall–Kier alpha value is -3.19. The van der Waals surface area contributed by atoms with Gasteiger partial charge in [0.2, 0.25) is 5.95 Å². The molecule has 2 aromatic carbocycles. The monoisotopic (exact) mass is 363 g/mol. The van der Waals surface area contributed by atoms with E-state index in [1.165, 1.54) is 11.3 Å². The summed E-state index contributed by atoms with van der Waals surface area (Å²) in [5.41, 5.74) is 8.85. The topological polar surface area (TPSA) is 86.0 Å². The Morgan fingerprint density at radius 1 is 1.04 bits per heavy atom. The summed E-state index contributed by atoms with van der Waals surface area (Å²) < 4.78 is 5.24. The summed E-state index contributed by atoms with van der Waals surface area (Å²) in [6.45, 7) is 0.576. The smallest absolute Gasteiger partial charge is 0.226 e. The standard InChI is InChI=1S/C19H17N5OS/c1-25-14-9-5-6-12(10-14)11-21-19-23-16(20)15-18(24-19)26-17(22-15)13-7-3-2-4-8-13/h2-10H,11H2,1H3,(H3,20,21,23,24). The largest absolute Gasteiger partial charge is 0.497 e. The minimum atomic E-state index is 0.376. The molecule has 7 heteroatoms. The van der Waals surface area contributed by atoms with Gasteiger partial charge in [-0.3, -0.25) is 0 Å². The number of hydrogen-bond acceptors (Lipinski definition) is 7. The van der Waals surface area contributed by atoms with Crippen molar-refractivity contribution >= 4 is 33.5 Å². The lowest BCUT2D eigenvalue weighted by molar-refractivity contribution is 0.414. The molecule has 0 aliphatic rings. The molecule has 2 heterocycles. The van der Waals surface area contributed by atoms with E-state index in [4.69, 9.17) is 10.5 Å². The number of nitrogens with one attached hydrogen (secondary N) is 1. The fourth-order valence-corrected chi connectivity index (χ4v) is 3.54. The molecule has 4 rings (SSSR count). The third-order valence-corrected chi connectivity index (χ3v) is 4.89. The van der Waals surface area contributed by atoms with Crippen molar-refractivity contribution in [1.82, 2.24) is 15.0 Å². The van der Waals surface area contributed by atoms with E-state index in [0.29, 0.717) is 23.8 Å². The molecule has 0 unspecified atom stereocenters. The first kappa shape index (κ1) is 16.3. The molecule has 0 saturated heterocycles. The van der Waals surface area contributed by atoms with Crippen LogP contribution in [0.3, 0.4) is 0 Å². The van der Waals surface area contributed by atoms with Crippen LogP contribution in [0, 0.1) is 0 Å². The number of benzene rings is 2. The SMILES string of the molecule is COc1cccc(CNc2nc(N)c3nc(-c4ccccc4)sc3n2)c1. The number of fused-ring (bicyclic) bond motifs is 1. The normalized spacial score (nSPS) is 10.8. The molecule has 0 aliphatic carbocycles. The summed E-state index contributed by atoms with van der Waals surface area (Å²) in [6, 6.07) is 17.8. The molecule has 0 amide bonds. The van der Waals surface area contributed by atoms with Crippen LogP contribution in [-0.2, 0) is 6.54 Å². The number of nitrogens with two attached hydrogens (primary N) is 1. The molecule has 2 aromatic heterocycles. The Bertz CT molecular complexity index is 1050. The van der Waals surface area contributed by atoms with Crippen LogP contribution in [0.25, 0.3) is 20.9 Å². The molecule has 26 heavy (non-hydrogen) atoms. The van der Waals surface area contributed by atoms with Gasteiger partial charge in [0.15, 0.2) is 10.6 Å². The van der Waals surface area contributed by atoms with Crippen LogP contribution in [0.5, 0.6) is 5.75 Å². The summed E-state index contributed by atoms with van der Waals surface area (Å²) in [5, 5.41) is 4.10. The van der Waals surface area contributed by atoms with Crippen molar-refractivity contribution in [3.63, 3.8) is 0 Å². The highest BCUT2D eigenvalue weighted by atomic mass is 32.1. The van der Waals surface area contributed by atoms with Crippen LogP contribution in [0.4, 0.5) is 11.8 Å². The lowest BCUT2D eigenvalue weighted by Crippen LogP contribution is -2.05. The maximum atomic E-state index is 6.10. The Kier molecular flexibility index (Phi) is 4.37. The first-order valence-corrected chi connectivity index (χ1v) is 8.91. The van der Waals surface area contributed by atoms with Gasteiger partial charge in [0.1, 0.15) is 16.3 Å². The van der Waals surface area contributed by atoms with Gasteiger partial charge in [0.25, 0.3) is 0 Å². The summed E-state index contributed by atoms with van der Waals surface area (Å²) in [7, 11) is 1.65. The van der Waals surface area contributed by atoms with Gasteiger partial charge in [0, 0.05) is 12.1 Å². The summed E-state index contributed by atoms with van der Waals surface area (Å²) in [4.78, 5) is 14.3. The molecule has 0 aliphatic heterocycles. The van der Waals surface area contributed by atoms with Crippen LogP contribution in [0.15, 0.2) is 54.6 Å².